The molecule has 7 heteroatoms. The van der Waals surface area contributed by atoms with Crippen LogP contribution in [0.5, 0.6) is 5.75 Å². The van der Waals surface area contributed by atoms with Gasteiger partial charge in [0.25, 0.3) is 0 Å². The summed E-state index contributed by atoms with van der Waals surface area (Å²) in [7, 11) is 2.17. The van der Waals surface area contributed by atoms with Crippen molar-refractivity contribution < 1.29 is 4.74 Å². The van der Waals surface area contributed by atoms with Crippen LogP contribution >= 0.6 is 22.9 Å². The zero-order valence-electron chi connectivity index (χ0n) is 16.7. The van der Waals surface area contributed by atoms with Crippen LogP contribution < -0.4 is 9.54 Å². The molecule has 2 aromatic carbocycles. The number of nitrogens with one attached hydrogen (secondary N) is 2. The van der Waals surface area contributed by atoms with Gasteiger partial charge in [-0.25, -0.2) is 0 Å². The minimum absolute atomic E-state index is 0.182. The topological polar surface area (TPSA) is 57.0 Å². The van der Waals surface area contributed by atoms with Crippen molar-refractivity contribution in [1.82, 2.24) is 14.5 Å². The van der Waals surface area contributed by atoms with Gasteiger partial charge in [-0.1, -0.05) is 23.7 Å². The Hall–Kier alpha value is -2.54. The lowest BCUT2D eigenvalue weighted by Gasteiger charge is -2.33. The number of rotatable bonds is 5. The van der Waals surface area contributed by atoms with Crippen LogP contribution in [0.2, 0.25) is 5.02 Å². The van der Waals surface area contributed by atoms with Crippen molar-refractivity contribution in [2.24, 2.45) is 0 Å². The Morgan fingerprint density at radius 1 is 1.23 bits per heavy atom. The minimum atomic E-state index is 0.182. The third-order valence-corrected chi connectivity index (χ3v) is 6.76. The van der Waals surface area contributed by atoms with E-state index in [2.05, 4.69) is 41.2 Å². The third kappa shape index (κ3) is 3.55. The largest absolute Gasteiger partial charge is 0.492 e. The molecular weight excluding hydrogens is 416 g/mol. The molecule has 1 atom stereocenters. The van der Waals surface area contributed by atoms with Gasteiger partial charge in [0, 0.05) is 39.7 Å². The standard InChI is InChI=1S/C23H23ClN4OS/c1-27-9-8-18-19-14-16(24)4-7-20(19)26-21(18)22(27)15-2-5-17(6-3-15)29-12-10-28-11-13-30-23(28)25/h2-7,11,13-14,22,25-26H,8-10,12H2,1H3. The molecule has 2 N–H and O–H groups in total. The average Bonchev–Trinajstić information content (AvgIpc) is 3.31. The van der Waals surface area contributed by atoms with Gasteiger partial charge in [0.2, 0.25) is 0 Å². The van der Waals surface area contributed by atoms with E-state index in [-0.39, 0.29) is 6.04 Å². The molecule has 4 aromatic rings. The Morgan fingerprint density at radius 3 is 2.83 bits per heavy atom. The fourth-order valence-corrected chi connectivity index (χ4v) is 5.09. The van der Waals surface area contributed by atoms with Crippen LogP contribution in [-0.2, 0) is 13.0 Å². The Morgan fingerprint density at radius 2 is 2.07 bits per heavy atom. The molecule has 2 aromatic heterocycles. The van der Waals surface area contributed by atoms with E-state index in [0.717, 1.165) is 29.3 Å². The Bertz CT molecular complexity index is 1240. The second kappa shape index (κ2) is 7.95. The fourth-order valence-electron chi connectivity index (χ4n) is 4.29. The molecule has 5 rings (SSSR count). The Kier molecular flexibility index (Phi) is 5.15. The van der Waals surface area contributed by atoms with Crippen molar-refractivity contribution in [1.29, 1.82) is 5.41 Å². The predicted octanol–water partition coefficient (Wildman–Crippen LogP) is 4.82. The van der Waals surface area contributed by atoms with Crippen LogP contribution in [0.15, 0.2) is 54.0 Å². The van der Waals surface area contributed by atoms with Gasteiger partial charge in [0.05, 0.1) is 12.6 Å². The molecule has 3 heterocycles. The predicted molar refractivity (Wildman–Crippen MR) is 122 cm³/mol. The number of aromatic nitrogens is 2. The molecule has 0 amide bonds. The minimum Gasteiger partial charge on any atom is -0.492 e. The molecule has 0 bridgehead atoms. The SMILES string of the molecule is CN1CCc2c([nH]c3ccc(Cl)cc23)C1c1ccc(OCCn2ccsc2=N)cc1. The molecule has 5 nitrogen and oxygen atoms in total. The highest BCUT2D eigenvalue weighted by Crippen LogP contribution is 2.38. The van der Waals surface area contributed by atoms with Crippen molar-refractivity contribution in [2.45, 2.75) is 19.0 Å². The van der Waals surface area contributed by atoms with Crippen molar-refractivity contribution in [3.8, 4) is 5.75 Å². The number of H-pyrrole nitrogens is 1. The molecule has 0 radical (unpaired) electrons. The van der Waals surface area contributed by atoms with E-state index in [1.165, 1.54) is 33.5 Å². The second-order valence-corrected chi connectivity index (χ2v) is 8.99. The first kappa shape index (κ1) is 19.4. The fraction of sp³-hybridized carbons (Fsp3) is 0.261. The average molecular weight is 439 g/mol. The number of aromatic amines is 1. The maximum absolute atomic E-state index is 7.82. The molecule has 0 spiro atoms. The van der Waals surface area contributed by atoms with Crippen molar-refractivity contribution in [2.75, 3.05) is 20.2 Å². The van der Waals surface area contributed by atoms with Gasteiger partial charge < -0.3 is 14.3 Å². The number of benzene rings is 2. The number of hydrogen-bond donors (Lipinski definition) is 2. The third-order valence-electron chi connectivity index (χ3n) is 5.81. The highest BCUT2D eigenvalue weighted by Gasteiger charge is 2.29. The molecule has 0 saturated heterocycles. The zero-order chi connectivity index (χ0) is 20.7. The van der Waals surface area contributed by atoms with E-state index in [1.54, 1.807) is 0 Å². The number of thiazole rings is 1. The normalized spacial score (nSPS) is 16.7. The van der Waals surface area contributed by atoms with Crippen molar-refractivity contribution in [3.63, 3.8) is 0 Å². The van der Waals surface area contributed by atoms with Gasteiger partial charge in [0.1, 0.15) is 12.4 Å². The van der Waals surface area contributed by atoms with Crippen LogP contribution in [0, 0.1) is 5.41 Å². The molecule has 0 saturated carbocycles. The van der Waals surface area contributed by atoms with Gasteiger partial charge >= 0.3 is 0 Å². The molecule has 1 aliphatic heterocycles. The Labute approximate surface area is 184 Å². The smallest absolute Gasteiger partial charge is 0.181 e. The van der Waals surface area contributed by atoms with Gasteiger partial charge in [-0.05, 0) is 54.9 Å². The number of hydrogen-bond acceptors (Lipinski definition) is 4. The number of halogens is 1. The van der Waals surface area contributed by atoms with Crippen molar-refractivity contribution in [3.05, 3.63) is 80.7 Å². The lowest BCUT2D eigenvalue weighted by Crippen LogP contribution is -2.32. The van der Waals surface area contributed by atoms with Crippen LogP contribution in [0.25, 0.3) is 10.9 Å². The quantitative estimate of drug-likeness (QED) is 0.469. The highest BCUT2D eigenvalue weighted by molar-refractivity contribution is 7.06. The number of nitrogens with zero attached hydrogens (tertiary/aromatic N) is 2. The summed E-state index contributed by atoms with van der Waals surface area (Å²) in [4.78, 5) is 6.57. The molecule has 1 aliphatic rings. The molecule has 1 unspecified atom stereocenters. The number of ether oxygens (including phenoxy) is 1. The molecule has 30 heavy (non-hydrogen) atoms. The lowest BCUT2D eigenvalue weighted by molar-refractivity contribution is 0.261. The zero-order valence-corrected chi connectivity index (χ0v) is 18.3. The first-order valence-electron chi connectivity index (χ1n) is 10.0. The summed E-state index contributed by atoms with van der Waals surface area (Å²) >= 11 is 7.68. The first-order chi connectivity index (χ1) is 14.6. The van der Waals surface area contributed by atoms with E-state index in [0.29, 0.717) is 18.0 Å². The summed E-state index contributed by atoms with van der Waals surface area (Å²) in [6, 6.07) is 14.6. The monoisotopic (exact) mass is 438 g/mol. The van der Waals surface area contributed by atoms with Gasteiger partial charge in [-0.15, -0.1) is 11.3 Å². The van der Waals surface area contributed by atoms with E-state index >= 15 is 0 Å². The molecule has 0 aliphatic carbocycles. The maximum Gasteiger partial charge on any atom is 0.181 e. The van der Waals surface area contributed by atoms with E-state index in [9.17, 15) is 0 Å². The van der Waals surface area contributed by atoms with E-state index in [4.69, 9.17) is 21.7 Å². The summed E-state index contributed by atoms with van der Waals surface area (Å²) in [6.45, 7) is 2.22. The van der Waals surface area contributed by atoms with Gasteiger partial charge in [-0.2, -0.15) is 0 Å². The van der Waals surface area contributed by atoms with E-state index in [1.807, 2.05) is 34.3 Å². The summed E-state index contributed by atoms with van der Waals surface area (Å²) < 4.78 is 7.79. The molecule has 0 fully saturated rings. The highest BCUT2D eigenvalue weighted by atomic mass is 35.5. The number of fused-ring (bicyclic) bond motifs is 3. The van der Waals surface area contributed by atoms with Gasteiger partial charge in [0.15, 0.2) is 4.80 Å². The summed E-state index contributed by atoms with van der Waals surface area (Å²) in [5.74, 6) is 0.850. The molecular formula is C23H23ClN4OS. The summed E-state index contributed by atoms with van der Waals surface area (Å²) in [5, 5.41) is 11.7. The Balaban J connectivity index is 1.37. The van der Waals surface area contributed by atoms with E-state index < -0.39 is 0 Å². The maximum atomic E-state index is 7.82. The van der Waals surface area contributed by atoms with Crippen LogP contribution in [-0.4, -0.2) is 34.7 Å². The number of likely N-dealkylation sites (N-methyl/N-ethyl adjacent to an activating group) is 1. The molecule has 154 valence electrons. The van der Waals surface area contributed by atoms with Crippen LogP contribution in [0.3, 0.4) is 0 Å². The van der Waals surface area contributed by atoms with Crippen LogP contribution in [0.1, 0.15) is 22.9 Å². The van der Waals surface area contributed by atoms with Crippen molar-refractivity contribution >= 4 is 33.8 Å². The van der Waals surface area contributed by atoms with Crippen LogP contribution in [0.4, 0.5) is 0 Å². The summed E-state index contributed by atoms with van der Waals surface area (Å²) in [6.07, 6.45) is 2.94. The first-order valence-corrected chi connectivity index (χ1v) is 11.3. The lowest BCUT2D eigenvalue weighted by atomic mass is 9.93. The van der Waals surface area contributed by atoms with Gasteiger partial charge in [-0.3, -0.25) is 10.3 Å². The summed E-state index contributed by atoms with van der Waals surface area (Å²) in [5.41, 5.74) is 5.01. The second-order valence-electron chi connectivity index (χ2n) is 7.66.